The summed E-state index contributed by atoms with van der Waals surface area (Å²) in [5.74, 6) is 0.00113. The Hall–Kier alpha value is -2.05. The smallest absolute Gasteiger partial charge is 0.243 e. The van der Waals surface area contributed by atoms with Gasteiger partial charge in [0, 0.05) is 34.7 Å². The molecule has 2 aromatic rings. The normalized spacial score (nSPS) is 12.8. The third-order valence-electron chi connectivity index (χ3n) is 5.05. The zero-order chi connectivity index (χ0) is 22.8. The fourth-order valence-corrected chi connectivity index (χ4v) is 4.04. The third kappa shape index (κ3) is 8.19. The highest BCUT2D eigenvalue weighted by Crippen LogP contribution is 2.22. The van der Waals surface area contributed by atoms with Gasteiger partial charge < -0.3 is 10.2 Å². The molecule has 0 heterocycles. The average Bonchev–Trinajstić information content (AvgIpc) is 2.76. The van der Waals surface area contributed by atoms with E-state index in [0.29, 0.717) is 23.6 Å². The largest absolute Gasteiger partial charge is 0.352 e. The Morgan fingerprint density at radius 1 is 1.06 bits per heavy atom. The van der Waals surface area contributed by atoms with Gasteiger partial charge in [-0.1, -0.05) is 37.6 Å². The maximum atomic E-state index is 13.3. The van der Waals surface area contributed by atoms with Crippen molar-refractivity contribution in [3.63, 3.8) is 0 Å². The molecule has 0 fully saturated rings. The number of halogens is 2. The van der Waals surface area contributed by atoms with Crippen LogP contribution in [-0.2, 0) is 16.1 Å². The van der Waals surface area contributed by atoms with E-state index in [-0.39, 0.29) is 30.2 Å². The van der Waals surface area contributed by atoms with E-state index >= 15 is 0 Å². The van der Waals surface area contributed by atoms with E-state index in [1.807, 2.05) is 45.0 Å². The highest BCUT2D eigenvalue weighted by Gasteiger charge is 2.29. The Kier molecular flexibility index (Phi) is 10.3. The van der Waals surface area contributed by atoms with Gasteiger partial charge in [0.1, 0.15) is 11.9 Å². The number of thioether (sulfide) groups is 1. The van der Waals surface area contributed by atoms with Crippen molar-refractivity contribution in [2.24, 2.45) is 0 Å². The van der Waals surface area contributed by atoms with E-state index in [9.17, 15) is 14.0 Å². The number of benzene rings is 2. The molecule has 2 amide bonds. The Balaban J connectivity index is 2.12. The van der Waals surface area contributed by atoms with E-state index in [1.165, 1.54) is 12.1 Å². The van der Waals surface area contributed by atoms with Gasteiger partial charge >= 0.3 is 0 Å². The first-order chi connectivity index (χ1) is 14.8. The van der Waals surface area contributed by atoms with Crippen molar-refractivity contribution in [2.45, 2.75) is 63.6 Å². The lowest BCUT2D eigenvalue weighted by Crippen LogP contribution is -2.50. The van der Waals surface area contributed by atoms with Crippen LogP contribution in [0, 0.1) is 5.82 Å². The van der Waals surface area contributed by atoms with Crippen LogP contribution >= 0.6 is 23.4 Å². The number of carbonyl (C=O) groups excluding carboxylic acids is 2. The van der Waals surface area contributed by atoms with Gasteiger partial charge in [0.25, 0.3) is 0 Å². The highest BCUT2D eigenvalue weighted by molar-refractivity contribution is 7.99. The lowest BCUT2D eigenvalue weighted by atomic mass is 10.1. The first-order valence-corrected chi connectivity index (χ1v) is 11.9. The van der Waals surface area contributed by atoms with Gasteiger partial charge in [0.2, 0.25) is 11.8 Å². The number of carbonyl (C=O) groups is 2. The number of hydrogen-bond acceptors (Lipinski definition) is 3. The minimum Gasteiger partial charge on any atom is -0.352 e. The minimum absolute atomic E-state index is 0.0322. The van der Waals surface area contributed by atoms with Crippen molar-refractivity contribution >= 4 is 35.2 Å². The summed E-state index contributed by atoms with van der Waals surface area (Å²) in [5.41, 5.74) is 0.787. The summed E-state index contributed by atoms with van der Waals surface area (Å²) < 4.78 is 13.3. The molecule has 0 aliphatic carbocycles. The first-order valence-electron chi connectivity index (χ1n) is 10.6. The van der Waals surface area contributed by atoms with Crippen LogP contribution in [0.2, 0.25) is 5.02 Å². The van der Waals surface area contributed by atoms with Crippen molar-refractivity contribution in [1.29, 1.82) is 0 Å². The average molecular weight is 465 g/mol. The summed E-state index contributed by atoms with van der Waals surface area (Å²) in [6, 6.07) is 13.0. The molecule has 0 saturated carbocycles. The van der Waals surface area contributed by atoms with Crippen LogP contribution in [0.15, 0.2) is 53.4 Å². The van der Waals surface area contributed by atoms with E-state index in [2.05, 4.69) is 5.32 Å². The molecule has 2 rings (SSSR count). The molecule has 0 aromatic heterocycles. The van der Waals surface area contributed by atoms with Gasteiger partial charge in [-0.25, -0.2) is 4.39 Å². The van der Waals surface area contributed by atoms with Gasteiger partial charge in [-0.3, -0.25) is 9.59 Å². The van der Waals surface area contributed by atoms with Crippen LogP contribution in [0.1, 0.15) is 45.6 Å². The summed E-state index contributed by atoms with van der Waals surface area (Å²) >= 11 is 7.49. The number of hydrogen-bond donors (Lipinski definition) is 1. The summed E-state index contributed by atoms with van der Waals surface area (Å²) in [6.45, 7) is 6.10. The first kappa shape index (κ1) is 25.2. The number of nitrogens with one attached hydrogen (secondary N) is 1. The fraction of sp³-hybridized carbons (Fsp3) is 0.417. The molecule has 0 saturated heterocycles. The van der Waals surface area contributed by atoms with E-state index in [1.54, 1.807) is 28.8 Å². The fourth-order valence-electron chi connectivity index (χ4n) is 3.08. The third-order valence-corrected chi connectivity index (χ3v) is 6.32. The molecule has 0 unspecified atom stereocenters. The number of nitrogens with zero attached hydrogens (tertiary/aromatic N) is 1. The maximum absolute atomic E-state index is 13.3. The molecule has 0 bridgehead atoms. The van der Waals surface area contributed by atoms with Gasteiger partial charge in [-0.05, 0) is 61.7 Å². The molecule has 0 spiro atoms. The minimum atomic E-state index is -0.577. The lowest BCUT2D eigenvalue weighted by molar-refractivity contribution is -0.141. The van der Waals surface area contributed by atoms with Crippen molar-refractivity contribution in [1.82, 2.24) is 10.2 Å². The topological polar surface area (TPSA) is 49.4 Å². The summed E-state index contributed by atoms with van der Waals surface area (Å²) in [4.78, 5) is 28.7. The zero-order valence-electron chi connectivity index (χ0n) is 18.2. The molecule has 0 aliphatic heterocycles. The van der Waals surface area contributed by atoms with Gasteiger partial charge in [-0.15, -0.1) is 11.8 Å². The van der Waals surface area contributed by atoms with Crippen molar-refractivity contribution in [3.05, 3.63) is 64.9 Å². The lowest BCUT2D eigenvalue weighted by Gasteiger charge is -2.31. The molecule has 1 N–H and O–H groups in total. The zero-order valence-corrected chi connectivity index (χ0v) is 19.8. The Morgan fingerprint density at radius 2 is 1.71 bits per heavy atom. The van der Waals surface area contributed by atoms with Gasteiger partial charge in [0.05, 0.1) is 0 Å². The molecule has 4 nitrogen and oxygen atoms in total. The molecule has 168 valence electrons. The van der Waals surface area contributed by atoms with Crippen molar-refractivity contribution in [2.75, 3.05) is 5.75 Å². The Morgan fingerprint density at radius 3 is 2.29 bits per heavy atom. The van der Waals surface area contributed by atoms with Gasteiger partial charge in [-0.2, -0.15) is 0 Å². The highest BCUT2D eigenvalue weighted by atomic mass is 35.5. The number of rotatable bonds is 11. The quantitative estimate of drug-likeness (QED) is 0.435. The second-order valence-corrected chi connectivity index (χ2v) is 9.05. The van der Waals surface area contributed by atoms with Crippen molar-refractivity contribution < 1.29 is 14.0 Å². The predicted octanol–water partition coefficient (Wildman–Crippen LogP) is 5.68. The van der Waals surface area contributed by atoms with Crippen LogP contribution in [0.25, 0.3) is 0 Å². The molecule has 31 heavy (non-hydrogen) atoms. The van der Waals surface area contributed by atoms with E-state index in [4.69, 9.17) is 11.6 Å². The second kappa shape index (κ2) is 12.7. The molecule has 7 heteroatoms. The summed E-state index contributed by atoms with van der Waals surface area (Å²) in [5, 5.41) is 3.66. The molecular formula is C24H30ClFN2O2S. The van der Waals surface area contributed by atoms with Crippen LogP contribution < -0.4 is 5.32 Å². The predicted molar refractivity (Wildman–Crippen MR) is 126 cm³/mol. The second-order valence-electron chi connectivity index (χ2n) is 7.44. The summed E-state index contributed by atoms with van der Waals surface area (Å²) in [7, 11) is 0. The Bertz CT molecular complexity index is 846. The van der Waals surface area contributed by atoms with Crippen LogP contribution in [0.3, 0.4) is 0 Å². The maximum Gasteiger partial charge on any atom is 0.243 e. The van der Waals surface area contributed by atoms with Crippen LogP contribution in [0.4, 0.5) is 4.39 Å². The molecular weight excluding hydrogens is 435 g/mol. The van der Waals surface area contributed by atoms with E-state index in [0.717, 1.165) is 16.9 Å². The SMILES string of the molecule is CC[C@H](C(=O)N[C@@H](C)CC)N(Cc1ccc(F)cc1)C(=O)CCSc1ccc(Cl)cc1. The number of amides is 2. The monoisotopic (exact) mass is 464 g/mol. The van der Waals surface area contributed by atoms with Crippen LogP contribution in [-0.4, -0.2) is 34.6 Å². The van der Waals surface area contributed by atoms with Crippen LogP contribution in [0.5, 0.6) is 0 Å². The van der Waals surface area contributed by atoms with E-state index < -0.39 is 6.04 Å². The standard InChI is InChI=1S/C24H30ClFN2O2S/c1-4-17(3)27-24(30)22(5-2)28(16-18-6-10-20(26)11-7-18)23(29)14-15-31-21-12-8-19(25)9-13-21/h6-13,17,22H,4-5,14-16H2,1-3H3,(H,27,30)/t17-,22+/m0/s1. The molecule has 0 aliphatic rings. The van der Waals surface area contributed by atoms with Crippen molar-refractivity contribution in [3.8, 4) is 0 Å². The van der Waals surface area contributed by atoms with Gasteiger partial charge in [0.15, 0.2) is 0 Å². The molecule has 2 aromatic carbocycles. The summed E-state index contributed by atoms with van der Waals surface area (Å²) in [6.07, 6.45) is 1.60. The molecule has 0 radical (unpaired) electrons. The molecule has 2 atom stereocenters. The Labute approximate surface area is 193 Å².